The molecule has 1 fully saturated rings. The average Bonchev–Trinajstić information content (AvgIpc) is 3.19. The van der Waals surface area contributed by atoms with Crippen molar-refractivity contribution in [3.63, 3.8) is 0 Å². The van der Waals surface area contributed by atoms with Crippen molar-refractivity contribution >= 4 is 34.4 Å². The van der Waals surface area contributed by atoms with Gasteiger partial charge in [-0.2, -0.15) is 4.98 Å². The van der Waals surface area contributed by atoms with E-state index in [9.17, 15) is 0 Å². The van der Waals surface area contributed by atoms with Gasteiger partial charge in [-0.15, -0.1) is 5.10 Å². The van der Waals surface area contributed by atoms with Crippen LogP contribution in [0.3, 0.4) is 0 Å². The van der Waals surface area contributed by atoms with Crippen molar-refractivity contribution in [2.24, 2.45) is 0 Å². The second-order valence-corrected chi connectivity index (χ2v) is 8.97. The van der Waals surface area contributed by atoms with Crippen LogP contribution >= 0.6 is 11.6 Å². The van der Waals surface area contributed by atoms with E-state index in [1.807, 2.05) is 49.4 Å². The number of halogens is 1. The predicted molar refractivity (Wildman–Crippen MR) is 137 cm³/mol. The summed E-state index contributed by atoms with van der Waals surface area (Å²) in [7, 11) is 1.74. The Balaban J connectivity index is 1.59. The molecule has 0 radical (unpaired) electrons. The van der Waals surface area contributed by atoms with Gasteiger partial charge >= 0.3 is 0 Å². The predicted octanol–water partition coefficient (Wildman–Crippen LogP) is 3.79. The molecule has 9 heteroatoms. The fourth-order valence-corrected chi connectivity index (χ4v) is 4.43. The highest BCUT2D eigenvalue weighted by Gasteiger charge is 2.24. The third-order valence-electron chi connectivity index (χ3n) is 6.19. The van der Waals surface area contributed by atoms with E-state index in [0.29, 0.717) is 22.4 Å². The summed E-state index contributed by atoms with van der Waals surface area (Å²) in [6.07, 6.45) is 0. The van der Waals surface area contributed by atoms with Crippen LogP contribution in [0.4, 0.5) is 11.8 Å². The number of hydrogen-bond acceptors (Lipinski definition) is 7. The van der Waals surface area contributed by atoms with Crippen molar-refractivity contribution in [3.05, 3.63) is 59.1 Å². The summed E-state index contributed by atoms with van der Waals surface area (Å²) in [6, 6.07) is 15.7. The third kappa shape index (κ3) is 4.44. The Morgan fingerprint density at radius 2 is 1.79 bits per heavy atom. The number of nitrogens with two attached hydrogens (primary N) is 1. The van der Waals surface area contributed by atoms with Gasteiger partial charge in [0.2, 0.25) is 5.95 Å². The standard InChI is InChI=1S/C25H28ClN7O/c1-17-4-3-5-20(16-17)33-23(27)21-22(18-6-8-19(26)9-7-18)28-25(29-24(21)30-33)32-12-10-31(11-13-32)14-15-34-2/h3-9,16H,10-15,27H2,1-2H3. The molecule has 0 unspecified atom stereocenters. The highest BCUT2D eigenvalue weighted by Crippen LogP contribution is 2.34. The first-order valence-electron chi connectivity index (χ1n) is 11.4. The van der Waals surface area contributed by atoms with Crippen LogP contribution in [0.1, 0.15) is 5.56 Å². The van der Waals surface area contributed by atoms with E-state index in [4.69, 9.17) is 37.1 Å². The van der Waals surface area contributed by atoms with Crippen LogP contribution in [0.2, 0.25) is 5.02 Å². The molecule has 0 bridgehead atoms. The van der Waals surface area contributed by atoms with Crippen LogP contribution in [0.15, 0.2) is 48.5 Å². The van der Waals surface area contributed by atoms with Crippen molar-refractivity contribution in [1.29, 1.82) is 0 Å². The topological polar surface area (TPSA) is 85.3 Å². The second kappa shape index (κ2) is 9.58. The lowest BCUT2D eigenvalue weighted by molar-refractivity contribution is 0.144. The van der Waals surface area contributed by atoms with E-state index >= 15 is 0 Å². The summed E-state index contributed by atoms with van der Waals surface area (Å²) in [5.74, 6) is 1.18. The first kappa shape index (κ1) is 22.6. The number of hydrogen-bond donors (Lipinski definition) is 1. The van der Waals surface area contributed by atoms with Crippen LogP contribution in [0, 0.1) is 6.92 Å². The molecule has 1 aliphatic rings. The van der Waals surface area contributed by atoms with E-state index in [2.05, 4.69) is 15.9 Å². The zero-order valence-corrected chi connectivity index (χ0v) is 20.2. The smallest absolute Gasteiger partial charge is 0.228 e. The Hall–Kier alpha value is -3.20. The largest absolute Gasteiger partial charge is 0.383 e. The van der Waals surface area contributed by atoms with E-state index in [1.165, 1.54) is 0 Å². The minimum absolute atomic E-state index is 0.515. The molecule has 4 aromatic rings. The molecule has 0 saturated carbocycles. The normalized spacial score (nSPS) is 14.7. The van der Waals surface area contributed by atoms with Crippen LogP contribution in [-0.2, 0) is 4.74 Å². The molecular formula is C25H28ClN7O. The number of methoxy groups -OCH3 is 1. The molecule has 2 aromatic heterocycles. The number of nitrogens with zero attached hydrogens (tertiary/aromatic N) is 6. The van der Waals surface area contributed by atoms with Crippen LogP contribution in [-0.4, -0.2) is 71.1 Å². The third-order valence-corrected chi connectivity index (χ3v) is 6.44. The number of ether oxygens (including phenoxy) is 1. The van der Waals surface area contributed by atoms with Crippen LogP contribution < -0.4 is 10.6 Å². The van der Waals surface area contributed by atoms with Gasteiger partial charge in [0.05, 0.1) is 23.4 Å². The summed E-state index contributed by atoms with van der Waals surface area (Å²) in [5, 5.41) is 6.21. The molecule has 2 aromatic carbocycles. The molecule has 0 amide bonds. The lowest BCUT2D eigenvalue weighted by atomic mass is 10.1. The number of rotatable bonds is 6. The number of aromatic nitrogens is 4. The van der Waals surface area contributed by atoms with Crippen molar-refractivity contribution in [2.75, 3.05) is 57.1 Å². The molecule has 176 valence electrons. The lowest BCUT2D eigenvalue weighted by Crippen LogP contribution is -2.47. The fraction of sp³-hybridized carbons (Fsp3) is 0.320. The zero-order valence-electron chi connectivity index (χ0n) is 19.4. The van der Waals surface area contributed by atoms with E-state index in [0.717, 1.165) is 67.2 Å². The summed E-state index contributed by atoms with van der Waals surface area (Å²) >= 11 is 6.15. The molecule has 2 N–H and O–H groups in total. The molecule has 0 spiro atoms. The maximum absolute atomic E-state index is 6.64. The number of nitrogen functional groups attached to an aromatic ring is 1. The maximum atomic E-state index is 6.64. The quantitative estimate of drug-likeness (QED) is 0.452. The highest BCUT2D eigenvalue weighted by molar-refractivity contribution is 6.30. The summed E-state index contributed by atoms with van der Waals surface area (Å²) < 4.78 is 6.97. The number of anilines is 2. The van der Waals surface area contributed by atoms with E-state index in [1.54, 1.807) is 11.8 Å². The summed E-state index contributed by atoms with van der Waals surface area (Å²) in [4.78, 5) is 14.4. The lowest BCUT2D eigenvalue weighted by Gasteiger charge is -2.34. The van der Waals surface area contributed by atoms with Gasteiger partial charge in [-0.3, -0.25) is 4.90 Å². The monoisotopic (exact) mass is 477 g/mol. The van der Waals surface area contributed by atoms with Gasteiger partial charge in [-0.25, -0.2) is 9.67 Å². The van der Waals surface area contributed by atoms with Crippen LogP contribution in [0.25, 0.3) is 28.0 Å². The fourth-order valence-electron chi connectivity index (χ4n) is 4.31. The van der Waals surface area contributed by atoms with Gasteiger partial charge < -0.3 is 15.4 Å². The molecule has 0 aliphatic carbocycles. The summed E-state index contributed by atoms with van der Waals surface area (Å²) in [5.41, 5.74) is 10.9. The van der Waals surface area contributed by atoms with Gasteiger partial charge in [0.1, 0.15) is 5.82 Å². The van der Waals surface area contributed by atoms with Crippen molar-refractivity contribution in [2.45, 2.75) is 6.92 Å². The Morgan fingerprint density at radius 1 is 1.03 bits per heavy atom. The highest BCUT2D eigenvalue weighted by atomic mass is 35.5. The number of benzene rings is 2. The van der Waals surface area contributed by atoms with Crippen molar-refractivity contribution in [3.8, 4) is 16.9 Å². The van der Waals surface area contributed by atoms with Crippen molar-refractivity contribution < 1.29 is 4.74 Å². The Labute approximate surface area is 203 Å². The first-order chi connectivity index (χ1) is 16.5. The Bertz CT molecular complexity index is 1300. The molecular weight excluding hydrogens is 450 g/mol. The number of piperazine rings is 1. The van der Waals surface area contributed by atoms with Gasteiger partial charge in [-0.1, -0.05) is 35.9 Å². The number of fused-ring (bicyclic) bond motifs is 1. The second-order valence-electron chi connectivity index (χ2n) is 8.54. The van der Waals surface area contributed by atoms with E-state index < -0.39 is 0 Å². The molecule has 1 saturated heterocycles. The minimum Gasteiger partial charge on any atom is -0.383 e. The SMILES string of the molecule is COCCN1CCN(c2nc(-c3ccc(Cl)cc3)c3c(N)n(-c4cccc(C)c4)nc3n2)CC1. The van der Waals surface area contributed by atoms with Gasteiger partial charge in [0.15, 0.2) is 5.65 Å². The first-order valence-corrected chi connectivity index (χ1v) is 11.8. The number of aryl methyl sites for hydroxylation is 1. The summed E-state index contributed by atoms with van der Waals surface area (Å²) in [6.45, 7) is 7.25. The zero-order chi connectivity index (χ0) is 23.7. The molecule has 8 nitrogen and oxygen atoms in total. The molecule has 3 heterocycles. The molecule has 0 atom stereocenters. The molecule has 5 rings (SSSR count). The maximum Gasteiger partial charge on any atom is 0.228 e. The van der Waals surface area contributed by atoms with Crippen molar-refractivity contribution in [1.82, 2.24) is 24.6 Å². The van der Waals surface area contributed by atoms with E-state index in [-0.39, 0.29) is 0 Å². The average molecular weight is 478 g/mol. The molecule has 1 aliphatic heterocycles. The Kier molecular flexibility index (Phi) is 6.36. The van der Waals surface area contributed by atoms with Gasteiger partial charge in [0.25, 0.3) is 0 Å². The van der Waals surface area contributed by atoms with Crippen LogP contribution in [0.5, 0.6) is 0 Å². The minimum atomic E-state index is 0.515. The Morgan fingerprint density at radius 3 is 2.50 bits per heavy atom. The van der Waals surface area contributed by atoms with Gasteiger partial charge in [-0.05, 0) is 36.8 Å². The van der Waals surface area contributed by atoms with Gasteiger partial charge in [0, 0.05) is 50.4 Å². The molecule has 34 heavy (non-hydrogen) atoms.